The number of rotatable bonds is 13. The molecule has 2 heterocycles. The third-order valence-corrected chi connectivity index (χ3v) is 7.64. The Hall–Kier alpha value is -2.48. The first-order chi connectivity index (χ1) is 18.0. The van der Waals surface area contributed by atoms with E-state index in [0.29, 0.717) is 47.7 Å². The second kappa shape index (κ2) is 13.5. The monoisotopic (exact) mass is 523 g/mol. The molecule has 0 radical (unpaired) electrons. The van der Waals surface area contributed by atoms with Gasteiger partial charge in [0.2, 0.25) is 5.88 Å². The first-order valence-electron chi connectivity index (χ1n) is 14.3. The van der Waals surface area contributed by atoms with E-state index in [9.17, 15) is 4.79 Å². The number of hydrogen-bond donors (Lipinski definition) is 1. The quantitative estimate of drug-likeness (QED) is 0.393. The fourth-order valence-electron chi connectivity index (χ4n) is 5.63. The van der Waals surface area contributed by atoms with Crippen LogP contribution < -0.4 is 10.5 Å². The molecule has 7 nitrogen and oxygen atoms in total. The number of primary amides is 1. The maximum absolute atomic E-state index is 12.1. The molecule has 210 valence electrons. The van der Waals surface area contributed by atoms with Crippen LogP contribution in [0.15, 0.2) is 30.3 Å². The fourth-order valence-corrected chi connectivity index (χ4v) is 5.63. The second-order valence-electron chi connectivity index (χ2n) is 11.7. The first kappa shape index (κ1) is 30.1. The normalized spacial score (nSPS) is 14.4. The Kier molecular flexibility index (Phi) is 10.7. The third kappa shape index (κ3) is 8.01. The topological polar surface area (TPSA) is 74.9 Å². The number of nitrogens with zero attached hydrogens (tertiary/aromatic N) is 4. The highest BCUT2D eigenvalue weighted by atomic mass is 16.5. The molecule has 7 heteroatoms. The predicted molar refractivity (Wildman–Crippen MR) is 156 cm³/mol. The number of carbonyl (C=O) groups is 1. The average Bonchev–Trinajstić information content (AvgIpc) is 2.83. The average molecular weight is 524 g/mol. The van der Waals surface area contributed by atoms with Gasteiger partial charge in [-0.05, 0) is 91.1 Å². The maximum Gasteiger partial charge on any atom is 0.250 e. The number of aromatic nitrogens is 1. The largest absolute Gasteiger partial charge is 0.439 e. The Morgan fingerprint density at radius 1 is 0.921 bits per heavy atom. The number of benzene rings is 1. The SMILES string of the molecule is CC(C)N(CCc1nc(Oc2ccc3c(c2)CCN(CCN(C(C)C)C(C)C)C3)ccc1C(N)=O)C(C)C. The number of nitrogens with two attached hydrogens (primary N) is 1. The standard InChI is InChI=1S/C31H49N5O2/c1-21(2)35(22(3)4)16-14-29-28(31(32)37)11-12-30(33-29)38-27-10-9-26-20-34(15-13-25(26)19-27)17-18-36(23(5)6)24(7)8/h9-12,19,21-24H,13-18,20H2,1-8H3,(H2,32,37). The maximum atomic E-state index is 12.1. The van der Waals surface area contributed by atoms with Crippen LogP contribution in [0.3, 0.4) is 0 Å². The highest BCUT2D eigenvalue weighted by molar-refractivity contribution is 5.93. The van der Waals surface area contributed by atoms with Crippen molar-refractivity contribution in [2.75, 3.05) is 26.2 Å². The zero-order valence-electron chi connectivity index (χ0n) is 24.8. The minimum Gasteiger partial charge on any atom is -0.439 e. The van der Waals surface area contributed by atoms with E-state index >= 15 is 0 Å². The van der Waals surface area contributed by atoms with Gasteiger partial charge in [0.1, 0.15) is 5.75 Å². The van der Waals surface area contributed by atoms with Crippen LogP contribution in [0.4, 0.5) is 0 Å². The molecule has 0 saturated carbocycles. The van der Waals surface area contributed by atoms with Crippen molar-refractivity contribution in [2.45, 2.75) is 98.9 Å². The minimum absolute atomic E-state index is 0.405. The summed E-state index contributed by atoms with van der Waals surface area (Å²) in [7, 11) is 0. The summed E-state index contributed by atoms with van der Waals surface area (Å²) in [5, 5.41) is 0. The van der Waals surface area contributed by atoms with Gasteiger partial charge in [-0.3, -0.25) is 19.5 Å². The van der Waals surface area contributed by atoms with E-state index < -0.39 is 5.91 Å². The Labute approximate surface area is 230 Å². The molecule has 0 fully saturated rings. The molecule has 0 saturated heterocycles. The van der Waals surface area contributed by atoms with Gasteiger partial charge in [-0.1, -0.05) is 6.07 Å². The summed E-state index contributed by atoms with van der Waals surface area (Å²) >= 11 is 0. The molecule has 3 rings (SSSR count). The molecule has 0 atom stereocenters. The molecule has 0 bridgehead atoms. The van der Waals surface area contributed by atoms with E-state index in [0.717, 1.165) is 44.9 Å². The van der Waals surface area contributed by atoms with Gasteiger partial charge in [0.15, 0.2) is 0 Å². The van der Waals surface area contributed by atoms with Crippen molar-refractivity contribution >= 4 is 5.91 Å². The molecular formula is C31H49N5O2. The van der Waals surface area contributed by atoms with Gasteiger partial charge in [0.05, 0.1) is 11.3 Å². The zero-order chi connectivity index (χ0) is 28.0. The van der Waals surface area contributed by atoms with E-state index in [4.69, 9.17) is 15.5 Å². The van der Waals surface area contributed by atoms with Crippen LogP contribution in [0.25, 0.3) is 0 Å². The van der Waals surface area contributed by atoms with Crippen LogP contribution in [-0.2, 0) is 19.4 Å². The van der Waals surface area contributed by atoms with Crippen molar-refractivity contribution < 1.29 is 9.53 Å². The summed E-state index contributed by atoms with van der Waals surface area (Å²) in [4.78, 5) is 24.3. The highest BCUT2D eigenvalue weighted by Gasteiger charge is 2.21. The van der Waals surface area contributed by atoms with Crippen LogP contribution in [0.2, 0.25) is 0 Å². The van der Waals surface area contributed by atoms with Gasteiger partial charge in [0, 0.05) is 69.4 Å². The van der Waals surface area contributed by atoms with Crippen molar-refractivity contribution in [3.05, 3.63) is 52.7 Å². The number of pyridine rings is 1. The lowest BCUT2D eigenvalue weighted by atomic mass is 9.99. The van der Waals surface area contributed by atoms with Crippen LogP contribution >= 0.6 is 0 Å². The molecule has 1 aromatic heterocycles. The van der Waals surface area contributed by atoms with Gasteiger partial charge >= 0.3 is 0 Å². The Morgan fingerprint density at radius 3 is 2.16 bits per heavy atom. The van der Waals surface area contributed by atoms with Crippen molar-refractivity contribution in [1.82, 2.24) is 19.7 Å². The van der Waals surface area contributed by atoms with Gasteiger partial charge < -0.3 is 10.5 Å². The summed E-state index contributed by atoms with van der Waals surface area (Å²) in [5.74, 6) is 0.813. The smallest absolute Gasteiger partial charge is 0.250 e. The van der Waals surface area contributed by atoms with Crippen LogP contribution in [0.5, 0.6) is 11.6 Å². The first-order valence-corrected chi connectivity index (χ1v) is 14.3. The van der Waals surface area contributed by atoms with Gasteiger partial charge in [0.25, 0.3) is 5.91 Å². The van der Waals surface area contributed by atoms with Gasteiger partial charge in [-0.15, -0.1) is 0 Å². The summed E-state index contributed by atoms with van der Waals surface area (Å²) in [6.45, 7) is 22.8. The molecule has 2 aromatic rings. The van der Waals surface area contributed by atoms with E-state index in [1.54, 1.807) is 12.1 Å². The number of ether oxygens (including phenoxy) is 1. The molecule has 1 aliphatic heterocycles. The molecule has 0 aliphatic carbocycles. The van der Waals surface area contributed by atoms with E-state index in [-0.39, 0.29) is 0 Å². The lowest BCUT2D eigenvalue weighted by Crippen LogP contribution is -2.43. The Morgan fingerprint density at radius 2 is 1.55 bits per heavy atom. The van der Waals surface area contributed by atoms with Crippen molar-refractivity contribution in [2.24, 2.45) is 5.73 Å². The molecule has 1 aromatic carbocycles. The number of carbonyl (C=O) groups excluding carboxylic acids is 1. The summed E-state index contributed by atoms with van der Waals surface area (Å²) < 4.78 is 6.18. The minimum atomic E-state index is -0.456. The summed E-state index contributed by atoms with van der Waals surface area (Å²) in [6.07, 6.45) is 1.65. The molecule has 0 spiro atoms. The number of amides is 1. The summed E-state index contributed by atoms with van der Waals surface area (Å²) in [5.41, 5.74) is 9.51. The number of fused-ring (bicyclic) bond motifs is 1. The Bertz CT molecular complexity index is 1050. The molecule has 2 N–H and O–H groups in total. The Balaban J connectivity index is 1.68. The van der Waals surface area contributed by atoms with Crippen molar-refractivity contribution in [1.29, 1.82) is 0 Å². The molecular weight excluding hydrogens is 474 g/mol. The highest BCUT2D eigenvalue weighted by Crippen LogP contribution is 2.27. The molecule has 0 unspecified atom stereocenters. The third-order valence-electron chi connectivity index (χ3n) is 7.64. The lowest BCUT2D eigenvalue weighted by molar-refractivity contribution is 0.0998. The second-order valence-corrected chi connectivity index (χ2v) is 11.7. The molecule has 1 amide bonds. The van der Waals surface area contributed by atoms with Crippen LogP contribution in [0, 0.1) is 0 Å². The predicted octanol–water partition coefficient (Wildman–Crippen LogP) is 5.11. The van der Waals surface area contributed by atoms with E-state index in [1.807, 2.05) is 6.07 Å². The lowest BCUT2D eigenvalue weighted by Gasteiger charge is -2.35. The van der Waals surface area contributed by atoms with Gasteiger partial charge in [-0.25, -0.2) is 4.98 Å². The van der Waals surface area contributed by atoms with Crippen molar-refractivity contribution in [3.8, 4) is 11.6 Å². The number of hydrogen-bond acceptors (Lipinski definition) is 6. The van der Waals surface area contributed by atoms with Crippen molar-refractivity contribution in [3.63, 3.8) is 0 Å². The van der Waals surface area contributed by atoms with Crippen LogP contribution in [-0.4, -0.2) is 75.9 Å². The van der Waals surface area contributed by atoms with E-state index in [1.165, 1.54) is 11.1 Å². The summed E-state index contributed by atoms with van der Waals surface area (Å²) in [6, 6.07) is 11.8. The van der Waals surface area contributed by atoms with Gasteiger partial charge in [-0.2, -0.15) is 0 Å². The van der Waals surface area contributed by atoms with E-state index in [2.05, 4.69) is 82.2 Å². The fraction of sp³-hybridized carbons (Fsp3) is 0.613. The molecule has 38 heavy (non-hydrogen) atoms. The molecule has 1 aliphatic rings. The zero-order valence-corrected chi connectivity index (χ0v) is 24.8. The van der Waals surface area contributed by atoms with Crippen LogP contribution in [0.1, 0.15) is 82.6 Å².